The van der Waals surface area contributed by atoms with Gasteiger partial charge in [0.1, 0.15) is 11.5 Å². The van der Waals surface area contributed by atoms with Gasteiger partial charge in [0.15, 0.2) is 0 Å². The molecule has 102 valence electrons. The van der Waals surface area contributed by atoms with Gasteiger partial charge < -0.3 is 14.9 Å². The summed E-state index contributed by atoms with van der Waals surface area (Å²) in [6.45, 7) is 5.66. The average molecular weight is 252 g/mol. The van der Waals surface area contributed by atoms with E-state index in [4.69, 9.17) is 14.9 Å². The van der Waals surface area contributed by atoms with Gasteiger partial charge in [0.25, 0.3) is 0 Å². The number of nitrogens with zero attached hydrogens (tertiary/aromatic N) is 1. The molecule has 4 nitrogen and oxygen atoms in total. The molecule has 4 heteroatoms. The zero-order valence-electron chi connectivity index (χ0n) is 11.6. The first-order valence-corrected chi connectivity index (χ1v) is 6.70. The van der Waals surface area contributed by atoms with Crippen molar-refractivity contribution < 1.29 is 9.15 Å². The fourth-order valence-corrected chi connectivity index (χ4v) is 2.49. The van der Waals surface area contributed by atoms with Crippen molar-refractivity contribution in [3.8, 4) is 0 Å². The molecular weight excluding hydrogens is 228 g/mol. The van der Waals surface area contributed by atoms with Crippen LogP contribution in [0, 0.1) is 6.92 Å². The Balaban J connectivity index is 2.15. The van der Waals surface area contributed by atoms with Crippen LogP contribution >= 0.6 is 0 Å². The van der Waals surface area contributed by atoms with E-state index in [-0.39, 0.29) is 12.1 Å². The Morgan fingerprint density at radius 1 is 1.50 bits per heavy atom. The molecule has 2 unspecified atom stereocenters. The molecule has 0 radical (unpaired) electrons. The molecule has 1 aromatic heterocycles. The van der Waals surface area contributed by atoms with E-state index in [1.54, 1.807) is 7.11 Å². The number of hydrogen-bond donors (Lipinski definition) is 1. The molecule has 0 amide bonds. The number of aryl methyl sites for hydroxylation is 1. The van der Waals surface area contributed by atoms with Gasteiger partial charge in [-0.15, -0.1) is 0 Å². The molecule has 1 fully saturated rings. The summed E-state index contributed by atoms with van der Waals surface area (Å²) in [5.74, 6) is 1.92. The highest BCUT2D eigenvalue weighted by molar-refractivity contribution is 5.13. The molecule has 0 spiro atoms. The monoisotopic (exact) mass is 252 g/mol. The fourth-order valence-electron chi connectivity index (χ4n) is 2.49. The molecular formula is C14H24N2O2. The van der Waals surface area contributed by atoms with Crippen LogP contribution in [0.3, 0.4) is 0 Å². The Bertz CT molecular complexity index is 372. The Kier molecular flexibility index (Phi) is 4.43. The van der Waals surface area contributed by atoms with Gasteiger partial charge in [-0.25, -0.2) is 0 Å². The first-order valence-electron chi connectivity index (χ1n) is 6.70. The van der Waals surface area contributed by atoms with E-state index in [9.17, 15) is 0 Å². The molecule has 1 aliphatic carbocycles. The van der Waals surface area contributed by atoms with E-state index in [0.717, 1.165) is 24.7 Å². The van der Waals surface area contributed by atoms with Crippen LogP contribution in [0.1, 0.15) is 37.3 Å². The van der Waals surface area contributed by atoms with Crippen molar-refractivity contribution in [3.63, 3.8) is 0 Å². The Morgan fingerprint density at radius 3 is 2.67 bits per heavy atom. The van der Waals surface area contributed by atoms with E-state index in [1.807, 2.05) is 26.0 Å². The number of furan rings is 1. The summed E-state index contributed by atoms with van der Waals surface area (Å²) in [6.07, 6.45) is 2.51. The van der Waals surface area contributed by atoms with Gasteiger partial charge in [-0.1, -0.05) is 0 Å². The normalized spacial score (nSPS) is 19.2. The second kappa shape index (κ2) is 5.87. The van der Waals surface area contributed by atoms with Crippen LogP contribution in [-0.4, -0.2) is 37.2 Å². The first-order chi connectivity index (χ1) is 8.63. The fraction of sp³-hybridized carbons (Fsp3) is 0.714. The van der Waals surface area contributed by atoms with E-state index in [0.29, 0.717) is 6.04 Å². The smallest absolute Gasteiger partial charge is 0.122 e. The largest absolute Gasteiger partial charge is 0.465 e. The number of nitrogens with two attached hydrogens (primary N) is 1. The van der Waals surface area contributed by atoms with Crippen LogP contribution in [0.15, 0.2) is 16.5 Å². The third-order valence-corrected chi connectivity index (χ3v) is 3.48. The molecule has 0 saturated heterocycles. The maximum atomic E-state index is 6.17. The van der Waals surface area contributed by atoms with Crippen LogP contribution in [0.25, 0.3) is 0 Å². The molecule has 1 aliphatic rings. The highest BCUT2D eigenvalue weighted by atomic mass is 16.5. The SMILES string of the molecule is COCCN(C1CC1)C(c1ccc(C)o1)C(C)N. The minimum atomic E-state index is 0.0491. The molecule has 18 heavy (non-hydrogen) atoms. The summed E-state index contributed by atoms with van der Waals surface area (Å²) in [7, 11) is 1.74. The van der Waals surface area contributed by atoms with Gasteiger partial charge in [0.2, 0.25) is 0 Å². The van der Waals surface area contributed by atoms with E-state index >= 15 is 0 Å². The number of methoxy groups -OCH3 is 1. The minimum absolute atomic E-state index is 0.0491. The van der Waals surface area contributed by atoms with Crippen molar-refractivity contribution in [2.45, 2.75) is 44.8 Å². The van der Waals surface area contributed by atoms with Crippen molar-refractivity contribution in [2.75, 3.05) is 20.3 Å². The Labute approximate surface area is 109 Å². The van der Waals surface area contributed by atoms with Gasteiger partial charge in [0.05, 0.1) is 12.6 Å². The van der Waals surface area contributed by atoms with Crippen molar-refractivity contribution in [1.29, 1.82) is 0 Å². The molecule has 0 bridgehead atoms. The third-order valence-electron chi connectivity index (χ3n) is 3.48. The standard InChI is InChI=1S/C14H24N2O2/c1-10-4-7-13(18-10)14(11(2)15)16(8-9-17-3)12-5-6-12/h4,7,11-12,14H,5-6,8-9,15H2,1-3H3. The van der Waals surface area contributed by atoms with Gasteiger partial charge in [-0.2, -0.15) is 0 Å². The maximum Gasteiger partial charge on any atom is 0.122 e. The number of hydrogen-bond acceptors (Lipinski definition) is 4. The predicted octanol–water partition coefficient (Wildman–Crippen LogP) is 2.09. The topological polar surface area (TPSA) is 51.6 Å². The minimum Gasteiger partial charge on any atom is -0.465 e. The van der Waals surface area contributed by atoms with Crippen molar-refractivity contribution in [3.05, 3.63) is 23.7 Å². The van der Waals surface area contributed by atoms with Crippen molar-refractivity contribution in [2.24, 2.45) is 5.73 Å². The molecule has 2 rings (SSSR count). The summed E-state index contributed by atoms with van der Waals surface area (Å²) in [5, 5.41) is 0. The second-order valence-electron chi connectivity index (χ2n) is 5.21. The van der Waals surface area contributed by atoms with E-state index in [2.05, 4.69) is 4.90 Å². The van der Waals surface area contributed by atoms with Crippen LogP contribution < -0.4 is 5.73 Å². The van der Waals surface area contributed by atoms with E-state index in [1.165, 1.54) is 12.8 Å². The Hall–Kier alpha value is -0.840. The lowest BCUT2D eigenvalue weighted by Gasteiger charge is -2.32. The lowest BCUT2D eigenvalue weighted by molar-refractivity contribution is 0.0939. The summed E-state index contributed by atoms with van der Waals surface area (Å²) in [6, 6.07) is 4.90. The zero-order valence-corrected chi connectivity index (χ0v) is 11.6. The summed E-state index contributed by atoms with van der Waals surface area (Å²) in [5.41, 5.74) is 6.17. The average Bonchev–Trinajstić information content (AvgIpc) is 3.07. The molecule has 0 aliphatic heterocycles. The molecule has 2 N–H and O–H groups in total. The second-order valence-corrected chi connectivity index (χ2v) is 5.21. The zero-order chi connectivity index (χ0) is 13.1. The highest BCUT2D eigenvalue weighted by Crippen LogP contribution is 2.36. The summed E-state index contributed by atoms with van der Waals surface area (Å²) >= 11 is 0. The van der Waals surface area contributed by atoms with Crippen molar-refractivity contribution >= 4 is 0 Å². The van der Waals surface area contributed by atoms with Crippen LogP contribution in [0.5, 0.6) is 0 Å². The van der Waals surface area contributed by atoms with Gasteiger partial charge in [-0.3, -0.25) is 4.90 Å². The predicted molar refractivity (Wildman–Crippen MR) is 71.4 cm³/mol. The van der Waals surface area contributed by atoms with Crippen molar-refractivity contribution in [1.82, 2.24) is 4.90 Å². The van der Waals surface area contributed by atoms with Gasteiger partial charge in [-0.05, 0) is 38.8 Å². The highest BCUT2D eigenvalue weighted by Gasteiger charge is 2.37. The summed E-state index contributed by atoms with van der Waals surface area (Å²) in [4.78, 5) is 2.44. The lowest BCUT2D eigenvalue weighted by Crippen LogP contribution is -2.42. The Morgan fingerprint density at radius 2 is 2.22 bits per heavy atom. The van der Waals surface area contributed by atoms with Crippen LogP contribution in [0.4, 0.5) is 0 Å². The van der Waals surface area contributed by atoms with Crippen LogP contribution in [-0.2, 0) is 4.74 Å². The summed E-state index contributed by atoms with van der Waals surface area (Å²) < 4.78 is 11.0. The van der Waals surface area contributed by atoms with E-state index < -0.39 is 0 Å². The van der Waals surface area contributed by atoms with Crippen LogP contribution in [0.2, 0.25) is 0 Å². The van der Waals surface area contributed by atoms with Gasteiger partial charge in [0, 0.05) is 25.7 Å². The lowest BCUT2D eigenvalue weighted by atomic mass is 10.1. The molecule has 1 aromatic rings. The molecule has 1 heterocycles. The molecule has 0 aromatic carbocycles. The number of ether oxygens (including phenoxy) is 1. The third kappa shape index (κ3) is 3.13. The number of rotatable bonds is 7. The first kappa shape index (κ1) is 13.6. The molecule has 2 atom stereocenters. The van der Waals surface area contributed by atoms with Gasteiger partial charge >= 0.3 is 0 Å². The quantitative estimate of drug-likeness (QED) is 0.807. The molecule has 1 saturated carbocycles. The maximum absolute atomic E-state index is 6.17.